The summed E-state index contributed by atoms with van der Waals surface area (Å²) in [6, 6.07) is 13.8. The molecule has 0 spiro atoms. The average Bonchev–Trinajstić information content (AvgIpc) is 2.78. The summed E-state index contributed by atoms with van der Waals surface area (Å²) in [4.78, 5) is 0. The molecule has 0 aliphatic carbocycles. The number of nitrogens with two attached hydrogens (primary N) is 1. The molecular formula is C15H18N4S. The molecule has 0 bridgehead atoms. The van der Waals surface area contributed by atoms with E-state index < -0.39 is 5.54 Å². The first-order valence-corrected chi connectivity index (χ1v) is 7.43. The Morgan fingerprint density at radius 1 is 1.40 bits per heavy atom. The molecule has 0 fully saturated rings. The Bertz CT molecular complexity index is 615. The third kappa shape index (κ3) is 3.21. The van der Waals surface area contributed by atoms with E-state index in [9.17, 15) is 5.26 Å². The van der Waals surface area contributed by atoms with Crippen molar-refractivity contribution < 1.29 is 0 Å². The summed E-state index contributed by atoms with van der Waals surface area (Å²) < 4.78 is 1.85. The quantitative estimate of drug-likeness (QED) is 0.858. The van der Waals surface area contributed by atoms with E-state index >= 15 is 0 Å². The van der Waals surface area contributed by atoms with Crippen molar-refractivity contribution >= 4 is 11.8 Å². The van der Waals surface area contributed by atoms with E-state index in [4.69, 9.17) is 5.73 Å². The molecule has 0 saturated carbocycles. The molecule has 5 heteroatoms. The van der Waals surface area contributed by atoms with E-state index in [2.05, 4.69) is 11.2 Å². The van der Waals surface area contributed by atoms with E-state index in [1.807, 2.05) is 55.1 Å². The van der Waals surface area contributed by atoms with Crippen LogP contribution in [0.25, 0.3) is 0 Å². The number of aryl methyl sites for hydroxylation is 2. The summed E-state index contributed by atoms with van der Waals surface area (Å²) in [5.74, 6) is 0.776. The molecule has 4 nitrogen and oxygen atoms in total. The third-order valence-corrected chi connectivity index (χ3v) is 4.28. The maximum atomic E-state index is 9.39. The van der Waals surface area contributed by atoms with E-state index in [1.165, 1.54) is 0 Å². The minimum absolute atomic E-state index is 0.600. The zero-order valence-electron chi connectivity index (χ0n) is 11.7. The minimum Gasteiger partial charge on any atom is -0.310 e. The van der Waals surface area contributed by atoms with Crippen LogP contribution >= 0.6 is 11.8 Å². The number of nitrogens with zero attached hydrogens (tertiary/aromatic N) is 3. The highest BCUT2D eigenvalue weighted by atomic mass is 32.2. The summed E-state index contributed by atoms with van der Waals surface area (Å²) in [6.45, 7) is 1.97. The second kappa shape index (κ2) is 6.12. The van der Waals surface area contributed by atoms with Gasteiger partial charge in [0.05, 0.1) is 16.8 Å². The van der Waals surface area contributed by atoms with Gasteiger partial charge in [0.15, 0.2) is 0 Å². The molecule has 1 heterocycles. The highest BCUT2D eigenvalue weighted by molar-refractivity contribution is 7.99. The topological polar surface area (TPSA) is 67.6 Å². The van der Waals surface area contributed by atoms with Gasteiger partial charge >= 0.3 is 0 Å². The fourth-order valence-corrected chi connectivity index (χ4v) is 3.15. The van der Waals surface area contributed by atoms with Gasteiger partial charge in [-0.3, -0.25) is 4.68 Å². The van der Waals surface area contributed by atoms with Crippen molar-refractivity contribution in [1.29, 1.82) is 5.26 Å². The highest BCUT2D eigenvalue weighted by Gasteiger charge is 2.26. The van der Waals surface area contributed by atoms with Crippen molar-refractivity contribution in [1.82, 2.24) is 9.78 Å². The maximum absolute atomic E-state index is 9.39. The average molecular weight is 286 g/mol. The number of benzene rings is 1. The monoisotopic (exact) mass is 286 g/mol. The van der Waals surface area contributed by atoms with Gasteiger partial charge < -0.3 is 5.73 Å². The van der Waals surface area contributed by atoms with Gasteiger partial charge in [-0.2, -0.15) is 10.4 Å². The maximum Gasteiger partial charge on any atom is 0.130 e. The van der Waals surface area contributed by atoms with Crippen LogP contribution in [0.4, 0.5) is 0 Å². The SMILES string of the molecule is Cc1cc(SCCC(N)(C#N)c2ccccc2)n(C)n1. The fourth-order valence-electron chi connectivity index (χ4n) is 2.04. The molecule has 0 amide bonds. The van der Waals surface area contributed by atoms with E-state index in [1.54, 1.807) is 11.8 Å². The van der Waals surface area contributed by atoms with Crippen molar-refractivity contribution in [2.75, 3.05) is 5.75 Å². The van der Waals surface area contributed by atoms with Gasteiger partial charge in [-0.15, -0.1) is 11.8 Å². The normalized spacial score (nSPS) is 13.7. The first kappa shape index (κ1) is 14.6. The zero-order valence-corrected chi connectivity index (χ0v) is 12.5. The van der Waals surface area contributed by atoms with Gasteiger partial charge in [0, 0.05) is 12.8 Å². The van der Waals surface area contributed by atoms with E-state index in [-0.39, 0.29) is 0 Å². The molecule has 2 N–H and O–H groups in total. The third-order valence-electron chi connectivity index (χ3n) is 3.19. The lowest BCUT2D eigenvalue weighted by Crippen LogP contribution is -2.35. The molecule has 104 valence electrons. The minimum atomic E-state index is -0.929. The van der Waals surface area contributed by atoms with Gasteiger partial charge in [0.25, 0.3) is 0 Å². The lowest BCUT2D eigenvalue weighted by atomic mass is 9.90. The molecule has 0 saturated heterocycles. The number of thioether (sulfide) groups is 1. The van der Waals surface area contributed by atoms with Gasteiger partial charge in [0.2, 0.25) is 0 Å². The predicted molar refractivity (Wildman–Crippen MR) is 81.2 cm³/mol. The molecule has 0 aliphatic heterocycles. The first-order chi connectivity index (χ1) is 9.55. The first-order valence-electron chi connectivity index (χ1n) is 6.44. The molecule has 0 radical (unpaired) electrons. The molecule has 1 atom stereocenters. The smallest absolute Gasteiger partial charge is 0.130 e. The molecule has 20 heavy (non-hydrogen) atoms. The van der Waals surface area contributed by atoms with Gasteiger partial charge in [-0.1, -0.05) is 30.3 Å². The van der Waals surface area contributed by atoms with Crippen LogP contribution in [-0.2, 0) is 12.6 Å². The summed E-state index contributed by atoms with van der Waals surface area (Å²) >= 11 is 1.67. The Morgan fingerprint density at radius 2 is 2.10 bits per heavy atom. The van der Waals surface area contributed by atoms with Gasteiger partial charge in [0.1, 0.15) is 5.54 Å². The summed E-state index contributed by atoms with van der Waals surface area (Å²) in [6.07, 6.45) is 0.600. The Morgan fingerprint density at radius 3 is 2.65 bits per heavy atom. The van der Waals surface area contributed by atoms with Crippen LogP contribution in [0.2, 0.25) is 0 Å². The van der Waals surface area contributed by atoms with E-state index in [0.29, 0.717) is 6.42 Å². The predicted octanol–water partition coefficient (Wildman–Crippen LogP) is 2.59. The standard InChI is InChI=1S/C15H18N4S/c1-12-10-14(19(2)18-12)20-9-8-15(17,11-16)13-6-4-3-5-7-13/h3-7,10H,8-9,17H2,1-2H3. The fraction of sp³-hybridized carbons (Fsp3) is 0.333. The molecule has 2 rings (SSSR count). The Balaban J connectivity index is 2.02. The van der Waals surface area contributed by atoms with Crippen molar-refractivity contribution in [3.05, 3.63) is 47.7 Å². The summed E-state index contributed by atoms with van der Waals surface area (Å²) in [5.41, 5.74) is 7.16. The van der Waals surface area contributed by atoms with Crippen LogP contribution < -0.4 is 5.73 Å². The van der Waals surface area contributed by atoms with Crippen molar-refractivity contribution in [3.8, 4) is 6.07 Å². The van der Waals surface area contributed by atoms with Crippen LogP contribution in [0.3, 0.4) is 0 Å². The van der Waals surface area contributed by atoms with Crippen molar-refractivity contribution in [2.45, 2.75) is 23.9 Å². The number of nitriles is 1. The molecule has 0 aliphatic rings. The molecule has 1 unspecified atom stereocenters. The van der Waals surface area contributed by atoms with Crippen LogP contribution in [0.1, 0.15) is 17.7 Å². The van der Waals surface area contributed by atoms with Crippen LogP contribution in [0, 0.1) is 18.3 Å². The molecular weight excluding hydrogens is 268 g/mol. The molecule has 1 aromatic heterocycles. The summed E-state index contributed by atoms with van der Waals surface area (Å²) in [5, 5.41) is 14.8. The molecule has 2 aromatic rings. The lowest BCUT2D eigenvalue weighted by Gasteiger charge is -2.21. The van der Waals surface area contributed by atoms with Crippen LogP contribution in [0.15, 0.2) is 41.4 Å². The second-order valence-electron chi connectivity index (χ2n) is 4.80. The zero-order chi connectivity index (χ0) is 14.6. The Kier molecular flexibility index (Phi) is 4.48. The van der Waals surface area contributed by atoms with Crippen molar-refractivity contribution in [2.24, 2.45) is 12.8 Å². The van der Waals surface area contributed by atoms with Crippen LogP contribution in [-0.4, -0.2) is 15.5 Å². The molecule has 1 aromatic carbocycles. The summed E-state index contributed by atoms with van der Waals surface area (Å²) in [7, 11) is 1.92. The van der Waals surface area contributed by atoms with Gasteiger partial charge in [-0.25, -0.2) is 0 Å². The van der Waals surface area contributed by atoms with Crippen molar-refractivity contribution in [3.63, 3.8) is 0 Å². The number of aromatic nitrogens is 2. The second-order valence-corrected chi connectivity index (χ2v) is 5.91. The Hall–Kier alpha value is -1.77. The Labute approximate surface area is 123 Å². The number of rotatable bonds is 5. The van der Waals surface area contributed by atoms with Crippen LogP contribution in [0.5, 0.6) is 0 Å². The van der Waals surface area contributed by atoms with Gasteiger partial charge in [-0.05, 0) is 25.0 Å². The lowest BCUT2D eigenvalue weighted by molar-refractivity contribution is 0.559. The van der Waals surface area contributed by atoms with E-state index in [0.717, 1.165) is 22.0 Å². The highest BCUT2D eigenvalue weighted by Crippen LogP contribution is 2.26. The largest absolute Gasteiger partial charge is 0.310 e. The number of hydrogen-bond acceptors (Lipinski definition) is 4. The number of hydrogen-bond donors (Lipinski definition) is 1.